The SMILES string of the molecule is CCCN(CC(=O)N1CCc2sccc2C1c1ccc(Cl)cc1Cl)C(=O)Cc1ccc(F)cc1. The minimum absolute atomic E-state index is 0.0188. The van der Waals surface area contributed by atoms with Crippen molar-refractivity contribution in [2.24, 2.45) is 0 Å². The molecular weight excluding hydrogens is 494 g/mol. The predicted octanol–water partition coefficient (Wildman–Crippen LogP) is 6.15. The normalized spacial score (nSPS) is 15.2. The molecule has 2 heterocycles. The zero-order valence-electron chi connectivity index (χ0n) is 18.8. The fourth-order valence-corrected chi connectivity index (χ4v) is 5.76. The second kappa shape index (κ2) is 10.9. The summed E-state index contributed by atoms with van der Waals surface area (Å²) in [4.78, 5) is 31.3. The van der Waals surface area contributed by atoms with Crippen LogP contribution in [0.5, 0.6) is 0 Å². The highest BCUT2D eigenvalue weighted by Crippen LogP contribution is 2.41. The van der Waals surface area contributed by atoms with E-state index in [1.807, 2.05) is 29.3 Å². The van der Waals surface area contributed by atoms with Gasteiger partial charge in [-0.2, -0.15) is 0 Å². The molecule has 8 heteroatoms. The maximum absolute atomic E-state index is 13.6. The van der Waals surface area contributed by atoms with Crippen molar-refractivity contribution in [3.05, 3.63) is 91.3 Å². The summed E-state index contributed by atoms with van der Waals surface area (Å²) in [6.45, 7) is 2.96. The van der Waals surface area contributed by atoms with E-state index >= 15 is 0 Å². The Balaban J connectivity index is 1.57. The molecule has 4 rings (SSSR count). The molecule has 0 spiro atoms. The maximum atomic E-state index is 13.6. The number of rotatable bonds is 7. The molecule has 1 aliphatic heterocycles. The van der Waals surface area contributed by atoms with E-state index in [1.165, 1.54) is 17.0 Å². The van der Waals surface area contributed by atoms with Gasteiger partial charge in [0.2, 0.25) is 11.8 Å². The summed E-state index contributed by atoms with van der Waals surface area (Å²) < 4.78 is 13.2. The standard InChI is InChI=1S/C26H25Cl2FN2O2S/c1-2-11-30(24(32)14-17-3-6-19(29)7-4-17)16-25(33)31-12-9-23-21(10-13-34-23)26(31)20-8-5-18(27)15-22(20)28/h3-8,10,13,15,26H,2,9,11-12,14,16H2,1H3. The predicted molar refractivity (Wildman–Crippen MR) is 135 cm³/mol. The molecule has 0 bridgehead atoms. The number of carbonyl (C=O) groups is 2. The Labute approximate surface area is 212 Å². The molecule has 0 fully saturated rings. The summed E-state index contributed by atoms with van der Waals surface area (Å²) >= 11 is 14.4. The first kappa shape index (κ1) is 24.7. The van der Waals surface area contributed by atoms with E-state index < -0.39 is 0 Å². The van der Waals surface area contributed by atoms with Crippen LogP contribution in [-0.4, -0.2) is 41.2 Å². The molecule has 1 aromatic heterocycles. The van der Waals surface area contributed by atoms with Gasteiger partial charge in [-0.15, -0.1) is 11.3 Å². The summed E-state index contributed by atoms with van der Waals surface area (Å²) in [7, 11) is 0. The van der Waals surface area contributed by atoms with Crippen molar-refractivity contribution in [2.45, 2.75) is 32.2 Å². The van der Waals surface area contributed by atoms with Crippen molar-refractivity contribution < 1.29 is 14.0 Å². The number of halogens is 3. The average Bonchev–Trinajstić information content (AvgIpc) is 3.29. The fraction of sp³-hybridized carbons (Fsp3) is 0.308. The second-order valence-electron chi connectivity index (χ2n) is 8.32. The van der Waals surface area contributed by atoms with Gasteiger partial charge in [-0.1, -0.05) is 48.3 Å². The Bertz CT molecular complexity index is 1180. The molecule has 2 amide bonds. The Morgan fingerprint density at radius 3 is 2.59 bits per heavy atom. The number of thiophene rings is 1. The lowest BCUT2D eigenvalue weighted by Crippen LogP contribution is -2.47. The van der Waals surface area contributed by atoms with Gasteiger partial charge in [-0.25, -0.2) is 4.39 Å². The number of amides is 2. The van der Waals surface area contributed by atoms with Gasteiger partial charge < -0.3 is 9.80 Å². The number of hydrogen-bond donors (Lipinski definition) is 0. The third-order valence-corrected chi connectivity index (χ3v) is 7.54. The molecule has 4 nitrogen and oxygen atoms in total. The molecule has 3 aromatic rings. The third kappa shape index (κ3) is 5.45. The minimum Gasteiger partial charge on any atom is -0.333 e. The van der Waals surface area contributed by atoms with Crippen LogP contribution in [0, 0.1) is 5.82 Å². The quantitative estimate of drug-likeness (QED) is 0.376. The van der Waals surface area contributed by atoms with E-state index in [4.69, 9.17) is 23.2 Å². The van der Waals surface area contributed by atoms with Crippen molar-refractivity contribution in [1.29, 1.82) is 0 Å². The van der Waals surface area contributed by atoms with E-state index in [1.54, 1.807) is 40.5 Å². The molecule has 0 aliphatic carbocycles. The van der Waals surface area contributed by atoms with Crippen molar-refractivity contribution in [1.82, 2.24) is 9.80 Å². The number of benzene rings is 2. The first-order valence-electron chi connectivity index (χ1n) is 11.2. The highest BCUT2D eigenvalue weighted by Gasteiger charge is 2.35. The number of fused-ring (bicyclic) bond motifs is 1. The number of hydrogen-bond acceptors (Lipinski definition) is 3. The Morgan fingerprint density at radius 1 is 1.12 bits per heavy atom. The molecule has 178 valence electrons. The van der Waals surface area contributed by atoms with E-state index in [2.05, 4.69) is 0 Å². The Morgan fingerprint density at radius 2 is 1.88 bits per heavy atom. The molecule has 0 saturated carbocycles. The summed E-state index contributed by atoms with van der Waals surface area (Å²) in [6, 6.07) is 12.9. The van der Waals surface area contributed by atoms with Crippen molar-refractivity contribution >= 4 is 46.4 Å². The fourth-order valence-electron chi connectivity index (χ4n) is 4.35. The van der Waals surface area contributed by atoms with Crippen LogP contribution in [0.2, 0.25) is 10.0 Å². The highest BCUT2D eigenvalue weighted by molar-refractivity contribution is 7.10. The Kier molecular flexibility index (Phi) is 7.91. The van der Waals surface area contributed by atoms with Crippen LogP contribution < -0.4 is 0 Å². The molecule has 1 unspecified atom stereocenters. The zero-order valence-corrected chi connectivity index (χ0v) is 21.1. The molecule has 0 N–H and O–H groups in total. The lowest BCUT2D eigenvalue weighted by Gasteiger charge is -2.38. The summed E-state index contributed by atoms with van der Waals surface area (Å²) in [5.41, 5.74) is 2.60. The van der Waals surface area contributed by atoms with E-state index in [9.17, 15) is 14.0 Å². The van der Waals surface area contributed by atoms with Gasteiger partial charge in [0.15, 0.2) is 0 Å². The highest BCUT2D eigenvalue weighted by atomic mass is 35.5. The first-order chi connectivity index (χ1) is 16.4. The van der Waals surface area contributed by atoms with Crippen LogP contribution in [0.3, 0.4) is 0 Å². The van der Waals surface area contributed by atoms with Gasteiger partial charge in [0.25, 0.3) is 0 Å². The lowest BCUT2D eigenvalue weighted by molar-refractivity contribution is -0.141. The lowest BCUT2D eigenvalue weighted by atomic mass is 9.93. The average molecular weight is 519 g/mol. The summed E-state index contributed by atoms with van der Waals surface area (Å²) in [6.07, 6.45) is 1.61. The van der Waals surface area contributed by atoms with Crippen LogP contribution in [-0.2, 0) is 22.4 Å². The van der Waals surface area contributed by atoms with Gasteiger partial charge in [0.1, 0.15) is 5.82 Å². The van der Waals surface area contributed by atoms with Crippen LogP contribution in [0.4, 0.5) is 4.39 Å². The van der Waals surface area contributed by atoms with Gasteiger partial charge >= 0.3 is 0 Å². The minimum atomic E-state index is -0.346. The van der Waals surface area contributed by atoms with Crippen LogP contribution in [0.25, 0.3) is 0 Å². The van der Waals surface area contributed by atoms with Gasteiger partial charge in [-0.3, -0.25) is 9.59 Å². The third-order valence-electron chi connectivity index (χ3n) is 5.98. The molecule has 0 radical (unpaired) electrons. The largest absolute Gasteiger partial charge is 0.333 e. The summed E-state index contributed by atoms with van der Waals surface area (Å²) in [5, 5.41) is 3.08. The molecule has 1 aliphatic rings. The van der Waals surface area contributed by atoms with Gasteiger partial charge in [-0.05, 0) is 65.2 Å². The van der Waals surface area contributed by atoms with Crippen molar-refractivity contribution in [3.8, 4) is 0 Å². The van der Waals surface area contributed by atoms with Gasteiger partial charge in [0.05, 0.1) is 19.0 Å². The molecule has 2 aromatic carbocycles. The molecular formula is C26H25Cl2FN2O2S. The van der Waals surface area contributed by atoms with Crippen molar-refractivity contribution in [2.75, 3.05) is 19.6 Å². The van der Waals surface area contributed by atoms with Crippen LogP contribution >= 0.6 is 34.5 Å². The maximum Gasteiger partial charge on any atom is 0.242 e. The molecule has 1 atom stereocenters. The first-order valence-corrected chi connectivity index (χ1v) is 12.8. The Hall–Kier alpha value is -2.41. The molecule has 0 saturated heterocycles. The number of carbonyl (C=O) groups excluding carboxylic acids is 2. The monoisotopic (exact) mass is 518 g/mol. The molecule has 34 heavy (non-hydrogen) atoms. The van der Waals surface area contributed by atoms with Crippen LogP contribution in [0.15, 0.2) is 53.9 Å². The zero-order chi connectivity index (χ0) is 24.2. The smallest absolute Gasteiger partial charge is 0.242 e. The van der Waals surface area contributed by atoms with Crippen molar-refractivity contribution in [3.63, 3.8) is 0 Å². The number of nitrogens with zero attached hydrogens (tertiary/aromatic N) is 2. The van der Waals surface area contributed by atoms with Gasteiger partial charge in [0, 0.05) is 28.0 Å². The van der Waals surface area contributed by atoms with E-state index in [0.717, 1.165) is 24.0 Å². The topological polar surface area (TPSA) is 40.6 Å². The van der Waals surface area contributed by atoms with Crippen LogP contribution in [0.1, 0.15) is 41.0 Å². The second-order valence-corrected chi connectivity index (χ2v) is 10.2. The summed E-state index contributed by atoms with van der Waals surface area (Å²) in [5.74, 6) is -0.633. The van der Waals surface area contributed by atoms with E-state index in [-0.39, 0.29) is 36.6 Å². The van der Waals surface area contributed by atoms with E-state index in [0.29, 0.717) is 28.7 Å².